The van der Waals surface area contributed by atoms with E-state index in [2.05, 4.69) is 0 Å². The van der Waals surface area contributed by atoms with Gasteiger partial charge in [-0.3, -0.25) is 0 Å². The number of allylic oxidation sites excluding steroid dienone is 3. The second-order valence-corrected chi connectivity index (χ2v) is 4.04. The molecule has 1 atom stereocenters. The van der Waals surface area contributed by atoms with E-state index in [1.807, 2.05) is 6.08 Å². The van der Waals surface area contributed by atoms with Gasteiger partial charge in [-0.15, -0.1) is 0 Å². The van der Waals surface area contributed by atoms with Gasteiger partial charge in [-0.05, 0) is 24.0 Å². The fraction of sp³-hybridized carbons (Fsp3) is 0.214. The lowest BCUT2D eigenvalue weighted by molar-refractivity contribution is -0.155. The molecule has 0 saturated heterocycles. The van der Waals surface area contributed by atoms with Crippen LogP contribution in [-0.4, -0.2) is 16.2 Å². The van der Waals surface area contributed by atoms with Crippen molar-refractivity contribution in [3.05, 3.63) is 59.7 Å². The SMILES string of the molecule is O=C(O)C(O)(C1=CC=CCC1)c1ccccc1. The van der Waals surface area contributed by atoms with Gasteiger partial charge in [0.25, 0.3) is 0 Å². The number of hydrogen-bond acceptors (Lipinski definition) is 2. The third-order valence-corrected chi connectivity index (χ3v) is 2.98. The Morgan fingerprint density at radius 2 is 1.94 bits per heavy atom. The molecule has 0 saturated carbocycles. The average Bonchev–Trinajstić information content (AvgIpc) is 2.39. The normalized spacial score (nSPS) is 18.3. The second-order valence-electron chi connectivity index (χ2n) is 4.04. The van der Waals surface area contributed by atoms with E-state index in [-0.39, 0.29) is 0 Å². The Kier molecular flexibility index (Phi) is 3.11. The zero-order chi connectivity index (χ0) is 12.3. The molecular weight excluding hydrogens is 216 g/mol. The molecule has 1 aromatic rings. The molecule has 0 fully saturated rings. The van der Waals surface area contributed by atoms with Crippen LogP contribution in [0, 0.1) is 0 Å². The van der Waals surface area contributed by atoms with E-state index in [4.69, 9.17) is 0 Å². The summed E-state index contributed by atoms with van der Waals surface area (Å²) < 4.78 is 0. The topological polar surface area (TPSA) is 57.5 Å². The highest BCUT2D eigenvalue weighted by Gasteiger charge is 2.41. The third-order valence-electron chi connectivity index (χ3n) is 2.98. The van der Waals surface area contributed by atoms with Crippen LogP contribution >= 0.6 is 0 Å². The van der Waals surface area contributed by atoms with Crippen molar-refractivity contribution in [3.63, 3.8) is 0 Å². The smallest absolute Gasteiger partial charge is 0.344 e. The van der Waals surface area contributed by atoms with Crippen molar-refractivity contribution in [2.24, 2.45) is 0 Å². The molecule has 3 nitrogen and oxygen atoms in total. The number of benzene rings is 1. The maximum Gasteiger partial charge on any atom is 0.344 e. The summed E-state index contributed by atoms with van der Waals surface area (Å²) in [6.07, 6.45) is 6.75. The summed E-state index contributed by atoms with van der Waals surface area (Å²) >= 11 is 0. The Balaban J connectivity index is 2.50. The van der Waals surface area contributed by atoms with E-state index in [1.54, 1.807) is 42.5 Å². The summed E-state index contributed by atoms with van der Waals surface area (Å²) in [5, 5.41) is 19.8. The van der Waals surface area contributed by atoms with Crippen LogP contribution in [0.25, 0.3) is 0 Å². The van der Waals surface area contributed by atoms with Crippen LogP contribution in [0.1, 0.15) is 18.4 Å². The highest BCUT2D eigenvalue weighted by molar-refractivity contribution is 5.83. The molecule has 0 heterocycles. The zero-order valence-corrected chi connectivity index (χ0v) is 9.34. The first-order valence-electron chi connectivity index (χ1n) is 5.53. The maximum atomic E-state index is 11.4. The van der Waals surface area contributed by atoms with Crippen LogP contribution in [0.4, 0.5) is 0 Å². The Morgan fingerprint density at radius 3 is 2.47 bits per heavy atom. The van der Waals surface area contributed by atoms with E-state index in [0.29, 0.717) is 17.6 Å². The van der Waals surface area contributed by atoms with E-state index < -0.39 is 11.6 Å². The van der Waals surface area contributed by atoms with Gasteiger partial charge in [0, 0.05) is 0 Å². The summed E-state index contributed by atoms with van der Waals surface area (Å²) in [7, 11) is 0. The Morgan fingerprint density at radius 1 is 1.24 bits per heavy atom. The number of carboxylic acid groups (broad SMARTS) is 1. The lowest BCUT2D eigenvalue weighted by Gasteiger charge is -2.28. The van der Waals surface area contributed by atoms with Crippen molar-refractivity contribution in [1.82, 2.24) is 0 Å². The summed E-state index contributed by atoms with van der Waals surface area (Å²) in [5.74, 6) is -1.23. The van der Waals surface area contributed by atoms with Crippen molar-refractivity contribution in [3.8, 4) is 0 Å². The van der Waals surface area contributed by atoms with E-state index >= 15 is 0 Å². The van der Waals surface area contributed by atoms with Crippen molar-refractivity contribution in [1.29, 1.82) is 0 Å². The summed E-state index contributed by atoms with van der Waals surface area (Å²) in [6.45, 7) is 0. The highest BCUT2D eigenvalue weighted by atomic mass is 16.4. The van der Waals surface area contributed by atoms with Gasteiger partial charge in [-0.25, -0.2) is 4.79 Å². The van der Waals surface area contributed by atoms with Gasteiger partial charge in [0.15, 0.2) is 0 Å². The Bertz CT molecular complexity index is 474. The fourth-order valence-corrected chi connectivity index (χ4v) is 2.03. The number of carbonyl (C=O) groups is 1. The van der Waals surface area contributed by atoms with Crippen LogP contribution in [0.15, 0.2) is 54.1 Å². The molecule has 1 aromatic carbocycles. The summed E-state index contributed by atoms with van der Waals surface area (Å²) in [4.78, 5) is 11.4. The van der Waals surface area contributed by atoms with Gasteiger partial charge >= 0.3 is 5.97 Å². The van der Waals surface area contributed by atoms with Crippen molar-refractivity contribution >= 4 is 5.97 Å². The molecule has 0 aliphatic heterocycles. The largest absolute Gasteiger partial charge is 0.479 e. The molecule has 0 radical (unpaired) electrons. The molecule has 1 aliphatic rings. The lowest BCUT2D eigenvalue weighted by atomic mass is 9.82. The van der Waals surface area contributed by atoms with Gasteiger partial charge in [0.2, 0.25) is 5.60 Å². The second kappa shape index (κ2) is 4.55. The molecule has 2 N–H and O–H groups in total. The Labute approximate surface area is 99.7 Å². The first kappa shape index (κ1) is 11.6. The van der Waals surface area contributed by atoms with Gasteiger partial charge in [0.05, 0.1) is 0 Å². The third kappa shape index (κ3) is 2.01. The highest BCUT2D eigenvalue weighted by Crippen LogP contribution is 2.34. The van der Waals surface area contributed by atoms with Crippen molar-refractivity contribution in [2.75, 3.05) is 0 Å². The number of rotatable bonds is 3. The molecular formula is C14H14O3. The molecule has 1 aliphatic carbocycles. The van der Waals surface area contributed by atoms with Gasteiger partial charge in [-0.2, -0.15) is 0 Å². The molecule has 0 spiro atoms. The molecule has 0 aromatic heterocycles. The van der Waals surface area contributed by atoms with Crippen LogP contribution in [-0.2, 0) is 10.4 Å². The predicted octanol–water partition coefficient (Wildman–Crippen LogP) is 2.24. The first-order chi connectivity index (χ1) is 8.15. The minimum atomic E-state index is -1.91. The fourth-order valence-electron chi connectivity index (χ4n) is 2.03. The molecule has 3 heteroatoms. The van der Waals surface area contributed by atoms with Crippen LogP contribution < -0.4 is 0 Å². The van der Waals surface area contributed by atoms with Crippen LogP contribution in [0.2, 0.25) is 0 Å². The lowest BCUT2D eigenvalue weighted by Crippen LogP contribution is -2.38. The first-order valence-corrected chi connectivity index (χ1v) is 5.53. The monoisotopic (exact) mass is 230 g/mol. The van der Waals surface area contributed by atoms with Crippen molar-refractivity contribution < 1.29 is 15.0 Å². The van der Waals surface area contributed by atoms with Gasteiger partial charge in [-0.1, -0.05) is 48.6 Å². The van der Waals surface area contributed by atoms with E-state index in [1.165, 1.54) is 0 Å². The maximum absolute atomic E-state index is 11.4. The van der Waals surface area contributed by atoms with Crippen LogP contribution in [0.5, 0.6) is 0 Å². The molecule has 1 unspecified atom stereocenters. The van der Waals surface area contributed by atoms with Gasteiger partial charge in [0.1, 0.15) is 0 Å². The summed E-state index contributed by atoms with van der Waals surface area (Å²) in [5.41, 5.74) is -0.987. The van der Waals surface area contributed by atoms with Crippen LogP contribution in [0.3, 0.4) is 0 Å². The average molecular weight is 230 g/mol. The molecule has 17 heavy (non-hydrogen) atoms. The number of carboxylic acids is 1. The predicted molar refractivity (Wildman–Crippen MR) is 64.4 cm³/mol. The minimum absolute atomic E-state index is 0.397. The molecule has 2 rings (SSSR count). The molecule has 88 valence electrons. The Hall–Kier alpha value is -1.87. The van der Waals surface area contributed by atoms with Crippen molar-refractivity contribution in [2.45, 2.75) is 18.4 Å². The quantitative estimate of drug-likeness (QED) is 0.837. The summed E-state index contributed by atoms with van der Waals surface area (Å²) in [6, 6.07) is 8.51. The number of aliphatic carboxylic acids is 1. The van der Waals surface area contributed by atoms with E-state index in [0.717, 1.165) is 6.42 Å². The number of aliphatic hydroxyl groups is 1. The molecule has 0 amide bonds. The molecule has 0 bridgehead atoms. The zero-order valence-electron chi connectivity index (χ0n) is 9.34. The number of hydrogen-bond donors (Lipinski definition) is 2. The standard InChI is InChI=1S/C14H14O3/c15-13(16)14(17,11-7-3-1-4-8-11)12-9-5-2-6-10-12/h1-5,7-9,17H,6,10H2,(H,15,16). The van der Waals surface area contributed by atoms with Gasteiger partial charge < -0.3 is 10.2 Å². The van der Waals surface area contributed by atoms with E-state index in [9.17, 15) is 15.0 Å². The minimum Gasteiger partial charge on any atom is -0.479 e.